The Morgan fingerprint density at radius 3 is 1.69 bits per heavy atom. The highest BCUT2D eigenvalue weighted by atomic mass is 127. The van der Waals surface area contributed by atoms with Crippen LogP contribution in [0.2, 0.25) is 0 Å². The first-order chi connectivity index (χ1) is 12.7. The van der Waals surface area contributed by atoms with Gasteiger partial charge in [-0.15, -0.1) is 0 Å². The fourth-order valence-electron chi connectivity index (χ4n) is 2.77. The Bertz CT molecular complexity index is 565. The van der Waals surface area contributed by atoms with Crippen molar-refractivity contribution in [1.29, 1.82) is 0 Å². The van der Waals surface area contributed by atoms with E-state index in [0.29, 0.717) is 13.1 Å². The van der Waals surface area contributed by atoms with E-state index >= 15 is 0 Å². The molecule has 0 fully saturated rings. The van der Waals surface area contributed by atoms with Gasteiger partial charge in [-0.25, -0.2) is 4.98 Å². The molecule has 1 rings (SSSR count). The van der Waals surface area contributed by atoms with Crippen LogP contribution < -0.4 is 58.6 Å². The summed E-state index contributed by atoms with van der Waals surface area (Å²) in [6.45, 7) is 15.4. The second-order valence-corrected chi connectivity index (χ2v) is 7.59. The molecule has 8 nitrogen and oxygen atoms in total. The van der Waals surface area contributed by atoms with Crippen molar-refractivity contribution >= 4 is 11.8 Å². The van der Waals surface area contributed by atoms with Gasteiger partial charge in [-0.05, 0) is 27.7 Å². The summed E-state index contributed by atoms with van der Waals surface area (Å²) in [5, 5.41) is 5.78. The predicted octanol–water partition coefficient (Wildman–Crippen LogP) is -5.15. The summed E-state index contributed by atoms with van der Waals surface area (Å²) in [6.07, 6.45) is 1.39. The number of hydrogen-bond donors (Lipinski definition) is 3. The average Bonchev–Trinajstić information content (AvgIpc) is 3.17. The predicted molar refractivity (Wildman–Crippen MR) is 108 cm³/mol. The van der Waals surface area contributed by atoms with Crippen molar-refractivity contribution in [3.63, 3.8) is 0 Å². The third kappa shape index (κ3) is 9.47. The van der Waals surface area contributed by atoms with Crippen molar-refractivity contribution in [2.24, 2.45) is 0 Å². The Balaban J connectivity index is 0. The Labute approximate surface area is 209 Å². The van der Waals surface area contributed by atoms with E-state index < -0.39 is 0 Å². The van der Waals surface area contributed by atoms with Crippen molar-refractivity contribution < 1.29 is 66.5 Å². The number of imidazole rings is 1. The van der Waals surface area contributed by atoms with E-state index in [9.17, 15) is 9.59 Å². The second-order valence-electron chi connectivity index (χ2n) is 7.59. The summed E-state index contributed by atoms with van der Waals surface area (Å²) < 4.78 is 1.78. The summed E-state index contributed by atoms with van der Waals surface area (Å²) in [4.78, 5) is 31.7. The van der Waals surface area contributed by atoms with Gasteiger partial charge in [0.2, 0.25) is 0 Å². The van der Waals surface area contributed by atoms with Crippen LogP contribution in [0.25, 0.3) is 0 Å². The number of H-pyrrole nitrogens is 1. The van der Waals surface area contributed by atoms with Crippen LogP contribution >= 0.6 is 0 Å². The number of nitrogens with zero attached hydrogens (tertiary/aromatic N) is 3. The lowest BCUT2D eigenvalue weighted by atomic mass is 10.2. The highest BCUT2D eigenvalue weighted by molar-refractivity contribution is 6.04. The molecule has 0 atom stereocenters. The zero-order chi connectivity index (χ0) is 20.5. The molecular weight excluding hydrogens is 598 g/mol. The molecule has 2 amide bonds. The van der Waals surface area contributed by atoms with Crippen LogP contribution in [0.15, 0.2) is 6.33 Å². The summed E-state index contributed by atoms with van der Waals surface area (Å²) in [7, 11) is 4.33. The maximum atomic E-state index is 12.4. The van der Waals surface area contributed by atoms with Gasteiger partial charge in [-0.3, -0.25) is 9.59 Å². The minimum atomic E-state index is -0.317. The fourth-order valence-corrected chi connectivity index (χ4v) is 2.77. The highest BCUT2D eigenvalue weighted by Crippen LogP contribution is 2.05. The number of halogens is 2. The smallest absolute Gasteiger partial charge is 0.272 e. The van der Waals surface area contributed by atoms with Crippen molar-refractivity contribution in [1.82, 2.24) is 20.6 Å². The van der Waals surface area contributed by atoms with E-state index in [0.717, 1.165) is 48.2 Å². The molecule has 1 heterocycles. The maximum absolute atomic E-state index is 12.4. The van der Waals surface area contributed by atoms with Crippen LogP contribution in [0.3, 0.4) is 0 Å². The zero-order valence-corrected chi connectivity index (χ0v) is 23.0. The Kier molecular flexibility index (Phi) is 15.4. The lowest BCUT2D eigenvalue weighted by Crippen LogP contribution is -3.00. The number of amides is 2. The third-order valence-electron chi connectivity index (χ3n) is 6.01. The Morgan fingerprint density at radius 1 is 0.862 bits per heavy atom. The van der Waals surface area contributed by atoms with E-state index in [2.05, 4.69) is 62.4 Å². The first kappa shape index (κ1) is 30.7. The summed E-state index contributed by atoms with van der Waals surface area (Å²) >= 11 is 0. The lowest BCUT2D eigenvalue weighted by molar-refractivity contribution is -0.904. The normalized spacial score (nSPS) is 11.2. The Hall–Kier alpha value is -0.470. The van der Waals surface area contributed by atoms with Gasteiger partial charge in [0, 0.05) is 0 Å². The number of rotatable bonds is 12. The third-order valence-corrected chi connectivity index (χ3v) is 6.01. The SMILES string of the molecule is CC[N+](C)(CC)CCNC(=O)c1nc[nH]c1C(=O)NCC[N+](C)(CC)CC.[I-].[I-]. The van der Waals surface area contributed by atoms with E-state index in [4.69, 9.17) is 0 Å². The van der Waals surface area contributed by atoms with Gasteiger partial charge in [-0.2, -0.15) is 0 Å². The molecule has 0 unspecified atom stereocenters. The molecule has 0 aliphatic heterocycles. The summed E-state index contributed by atoms with van der Waals surface area (Å²) in [5.74, 6) is -0.609. The van der Waals surface area contributed by atoms with Gasteiger partial charge >= 0.3 is 0 Å². The van der Waals surface area contributed by atoms with E-state index in [1.807, 2.05) is 0 Å². The largest absolute Gasteiger partial charge is 1.00 e. The highest BCUT2D eigenvalue weighted by Gasteiger charge is 2.23. The van der Waals surface area contributed by atoms with Crippen LogP contribution in [-0.4, -0.2) is 97.2 Å². The number of likely N-dealkylation sites (N-methyl/N-ethyl adjacent to an activating group) is 2. The van der Waals surface area contributed by atoms with Crippen LogP contribution in [0.4, 0.5) is 0 Å². The molecule has 0 saturated carbocycles. The summed E-state index contributed by atoms with van der Waals surface area (Å²) in [5.41, 5.74) is 0.371. The first-order valence-corrected chi connectivity index (χ1v) is 10.0. The van der Waals surface area contributed by atoms with Gasteiger partial charge in [0.05, 0.1) is 72.8 Å². The van der Waals surface area contributed by atoms with Gasteiger partial charge in [0.1, 0.15) is 5.69 Å². The number of aromatic nitrogens is 2. The quantitative estimate of drug-likeness (QED) is 0.159. The molecule has 1 aromatic heterocycles. The molecule has 3 N–H and O–H groups in total. The number of quaternary nitrogens is 2. The fraction of sp³-hybridized carbons (Fsp3) is 0.737. The Morgan fingerprint density at radius 2 is 1.28 bits per heavy atom. The van der Waals surface area contributed by atoms with Crippen molar-refractivity contribution in [2.45, 2.75) is 27.7 Å². The number of nitrogens with one attached hydrogen (secondary N) is 3. The first-order valence-electron chi connectivity index (χ1n) is 10.0. The molecule has 1 aromatic rings. The molecule has 10 heteroatoms. The molecule has 0 bridgehead atoms. The van der Waals surface area contributed by atoms with Gasteiger partial charge < -0.3 is 72.5 Å². The summed E-state index contributed by atoms with van der Waals surface area (Å²) in [6, 6.07) is 0. The zero-order valence-electron chi connectivity index (χ0n) is 18.6. The van der Waals surface area contributed by atoms with Crippen LogP contribution in [0, 0.1) is 0 Å². The number of carbonyl (C=O) groups is 2. The van der Waals surface area contributed by atoms with Crippen LogP contribution in [0.1, 0.15) is 48.7 Å². The van der Waals surface area contributed by atoms with E-state index in [1.54, 1.807) is 0 Å². The number of hydrogen-bond acceptors (Lipinski definition) is 3. The molecule has 0 aliphatic carbocycles. The lowest BCUT2D eigenvalue weighted by Gasteiger charge is -2.32. The van der Waals surface area contributed by atoms with Gasteiger partial charge in [-0.1, -0.05) is 0 Å². The molecule has 0 aromatic carbocycles. The van der Waals surface area contributed by atoms with Crippen molar-refractivity contribution in [3.8, 4) is 0 Å². The van der Waals surface area contributed by atoms with E-state index in [1.165, 1.54) is 6.33 Å². The molecular formula is C19H38I2N6O2. The van der Waals surface area contributed by atoms with E-state index in [-0.39, 0.29) is 71.2 Å². The molecule has 0 radical (unpaired) electrons. The van der Waals surface area contributed by atoms with Gasteiger partial charge in [0.25, 0.3) is 11.8 Å². The molecule has 29 heavy (non-hydrogen) atoms. The van der Waals surface area contributed by atoms with Crippen LogP contribution in [0.5, 0.6) is 0 Å². The molecule has 0 aliphatic rings. The average molecular weight is 636 g/mol. The standard InChI is InChI=1S/C19H36N6O2.2HI/c1-7-24(5,8-2)13-11-20-18(26)16-17(23-15-22-16)19(27)21-12-14-25(6,9-3)10-4;;/h15H,7-14H2,1-6H3,(H-2,20,21,22,23,26,27);2*1H. The monoisotopic (exact) mass is 636 g/mol. The second kappa shape index (κ2) is 14.5. The van der Waals surface area contributed by atoms with Crippen LogP contribution in [-0.2, 0) is 0 Å². The topological polar surface area (TPSA) is 86.9 Å². The molecule has 170 valence electrons. The molecule has 0 saturated heterocycles. The van der Waals surface area contributed by atoms with Crippen molar-refractivity contribution in [2.75, 3.05) is 66.5 Å². The minimum absolute atomic E-state index is 0. The van der Waals surface area contributed by atoms with Crippen molar-refractivity contribution in [3.05, 3.63) is 17.7 Å². The number of carbonyl (C=O) groups excluding carboxylic acids is 2. The number of aromatic amines is 1. The molecule has 0 spiro atoms. The van der Waals surface area contributed by atoms with Gasteiger partial charge in [0.15, 0.2) is 5.69 Å². The minimum Gasteiger partial charge on any atom is -1.00 e. The maximum Gasteiger partial charge on any atom is 0.272 e.